The van der Waals surface area contributed by atoms with Gasteiger partial charge in [-0.1, -0.05) is 24.3 Å². The summed E-state index contributed by atoms with van der Waals surface area (Å²) in [5, 5.41) is 11.3. The van der Waals surface area contributed by atoms with Crippen LogP contribution in [0, 0.1) is 0 Å². The molecule has 1 aromatic carbocycles. The number of rotatable bonds is 10. The van der Waals surface area contributed by atoms with Crippen LogP contribution in [0.4, 0.5) is 5.13 Å². The van der Waals surface area contributed by atoms with Gasteiger partial charge in [0.05, 0.1) is 5.69 Å². The maximum absolute atomic E-state index is 11.8. The first-order valence-electron chi connectivity index (χ1n) is 8.82. The number of hydrogen-bond acceptors (Lipinski definition) is 5. The van der Waals surface area contributed by atoms with Gasteiger partial charge in [-0.15, -0.1) is 11.3 Å². The molecule has 2 aromatic rings. The molecule has 3 N–H and O–H groups in total. The Morgan fingerprint density at radius 3 is 2.58 bits per heavy atom. The highest BCUT2D eigenvalue weighted by atomic mass is 32.1. The Morgan fingerprint density at radius 2 is 1.88 bits per heavy atom. The number of aryl methyl sites for hydroxylation is 1. The zero-order valence-electron chi connectivity index (χ0n) is 15.3. The average molecular weight is 375 g/mol. The highest BCUT2D eigenvalue weighted by Crippen LogP contribution is 2.25. The number of carbonyl (C=O) groups is 2. The SMILES string of the molecule is CNCCCC(=O)Nc1nc(-c2ccc(CCCNC(C)=O)cc2)cs1. The number of thiazole rings is 1. The van der Waals surface area contributed by atoms with Gasteiger partial charge in [-0.3, -0.25) is 9.59 Å². The van der Waals surface area contributed by atoms with Crippen molar-refractivity contribution in [2.45, 2.75) is 32.6 Å². The summed E-state index contributed by atoms with van der Waals surface area (Å²) in [6, 6.07) is 8.25. The summed E-state index contributed by atoms with van der Waals surface area (Å²) in [6.07, 6.45) is 3.14. The lowest BCUT2D eigenvalue weighted by molar-refractivity contribution is -0.119. The Kier molecular flexibility index (Phi) is 8.24. The van der Waals surface area contributed by atoms with Gasteiger partial charge < -0.3 is 16.0 Å². The van der Waals surface area contributed by atoms with E-state index in [1.54, 1.807) is 0 Å². The molecule has 0 unspecified atom stereocenters. The molecule has 0 radical (unpaired) electrons. The highest BCUT2D eigenvalue weighted by molar-refractivity contribution is 7.14. The second-order valence-corrected chi connectivity index (χ2v) is 6.93. The summed E-state index contributed by atoms with van der Waals surface area (Å²) < 4.78 is 0. The lowest BCUT2D eigenvalue weighted by atomic mass is 10.1. The van der Waals surface area contributed by atoms with Gasteiger partial charge in [0.25, 0.3) is 0 Å². The molecule has 7 heteroatoms. The summed E-state index contributed by atoms with van der Waals surface area (Å²) in [5.41, 5.74) is 3.13. The number of aromatic nitrogens is 1. The van der Waals surface area contributed by atoms with E-state index in [0.717, 1.165) is 37.1 Å². The Balaban J connectivity index is 1.84. The van der Waals surface area contributed by atoms with Crippen molar-refractivity contribution in [3.05, 3.63) is 35.2 Å². The van der Waals surface area contributed by atoms with Crippen LogP contribution in [-0.2, 0) is 16.0 Å². The number of benzene rings is 1. The van der Waals surface area contributed by atoms with Gasteiger partial charge in [-0.2, -0.15) is 0 Å². The molecule has 6 nitrogen and oxygen atoms in total. The molecule has 26 heavy (non-hydrogen) atoms. The molecule has 2 rings (SSSR count). The van der Waals surface area contributed by atoms with Crippen LogP contribution < -0.4 is 16.0 Å². The molecule has 1 heterocycles. The van der Waals surface area contributed by atoms with Gasteiger partial charge in [0.2, 0.25) is 11.8 Å². The molecule has 0 aliphatic heterocycles. The van der Waals surface area contributed by atoms with Crippen LogP contribution in [-0.4, -0.2) is 36.9 Å². The van der Waals surface area contributed by atoms with E-state index < -0.39 is 0 Å². The fourth-order valence-electron chi connectivity index (χ4n) is 2.47. The monoisotopic (exact) mass is 374 g/mol. The van der Waals surface area contributed by atoms with E-state index in [9.17, 15) is 9.59 Å². The van der Waals surface area contributed by atoms with Crippen LogP contribution in [0.25, 0.3) is 11.3 Å². The fraction of sp³-hybridized carbons (Fsp3) is 0.421. The van der Waals surface area contributed by atoms with Crippen LogP contribution >= 0.6 is 11.3 Å². The summed E-state index contributed by atoms with van der Waals surface area (Å²) in [7, 11) is 1.87. The number of anilines is 1. The lowest BCUT2D eigenvalue weighted by Crippen LogP contribution is -2.21. The first-order chi connectivity index (χ1) is 12.6. The van der Waals surface area contributed by atoms with Gasteiger partial charge in [0.1, 0.15) is 0 Å². The molecular formula is C19H26N4O2S. The largest absolute Gasteiger partial charge is 0.356 e. The Morgan fingerprint density at radius 1 is 1.12 bits per heavy atom. The van der Waals surface area contributed by atoms with Crippen molar-refractivity contribution in [3.8, 4) is 11.3 Å². The van der Waals surface area contributed by atoms with Gasteiger partial charge in [-0.25, -0.2) is 4.98 Å². The van der Waals surface area contributed by atoms with E-state index in [-0.39, 0.29) is 11.8 Å². The van der Waals surface area contributed by atoms with E-state index in [1.165, 1.54) is 23.8 Å². The smallest absolute Gasteiger partial charge is 0.226 e. The minimum Gasteiger partial charge on any atom is -0.356 e. The summed E-state index contributed by atoms with van der Waals surface area (Å²) in [4.78, 5) is 27.2. The zero-order chi connectivity index (χ0) is 18.8. The maximum Gasteiger partial charge on any atom is 0.226 e. The third kappa shape index (κ3) is 6.93. The van der Waals surface area contributed by atoms with E-state index >= 15 is 0 Å². The van der Waals surface area contributed by atoms with Crippen LogP contribution in [0.5, 0.6) is 0 Å². The fourth-order valence-corrected chi connectivity index (χ4v) is 3.21. The van der Waals surface area contributed by atoms with Crippen molar-refractivity contribution in [2.75, 3.05) is 25.5 Å². The van der Waals surface area contributed by atoms with Gasteiger partial charge in [0.15, 0.2) is 5.13 Å². The second kappa shape index (κ2) is 10.7. The molecule has 2 amide bonds. The molecule has 0 aliphatic rings. The molecule has 0 saturated carbocycles. The minimum atomic E-state index is -0.00401. The van der Waals surface area contributed by atoms with Crippen LogP contribution in [0.1, 0.15) is 31.7 Å². The van der Waals surface area contributed by atoms with Crippen molar-refractivity contribution >= 4 is 28.3 Å². The normalized spacial score (nSPS) is 10.5. The number of hydrogen-bond donors (Lipinski definition) is 3. The number of nitrogens with one attached hydrogen (secondary N) is 3. The van der Waals surface area contributed by atoms with Gasteiger partial charge in [-0.05, 0) is 38.4 Å². The standard InChI is InChI=1S/C19H26N4O2S/c1-14(24)21-12-3-5-15-7-9-16(10-8-15)17-13-26-19(22-17)23-18(25)6-4-11-20-2/h7-10,13,20H,3-6,11-12H2,1-2H3,(H,21,24)(H,22,23,25). The van der Waals surface area contributed by atoms with Crippen LogP contribution in [0.3, 0.4) is 0 Å². The number of amides is 2. The molecule has 140 valence electrons. The number of carbonyl (C=O) groups excluding carboxylic acids is 2. The Hall–Kier alpha value is -2.25. The lowest BCUT2D eigenvalue weighted by Gasteiger charge is -2.04. The summed E-state index contributed by atoms with van der Waals surface area (Å²) >= 11 is 1.44. The van der Waals surface area contributed by atoms with Crippen LogP contribution in [0.15, 0.2) is 29.6 Å². The van der Waals surface area contributed by atoms with Crippen molar-refractivity contribution in [1.29, 1.82) is 0 Å². The van der Waals surface area contributed by atoms with Gasteiger partial charge >= 0.3 is 0 Å². The zero-order valence-corrected chi connectivity index (χ0v) is 16.1. The van der Waals surface area contributed by atoms with Crippen molar-refractivity contribution in [3.63, 3.8) is 0 Å². The molecule has 0 aliphatic carbocycles. The minimum absolute atomic E-state index is 0.00401. The molecular weight excluding hydrogens is 348 g/mol. The summed E-state index contributed by atoms with van der Waals surface area (Å²) in [6.45, 7) is 3.05. The predicted molar refractivity (Wildman–Crippen MR) is 106 cm³/mol. The summed E-state index contributed by atoms with van der Waals surface area (Å²) in [5.74, 6) is 0.00414. The molecule has 0 spiro atoms. The van der Waals surface area contributed by atoms with E-state index in [4.69, 9.17) is 0 Å². The molecule has 0 bridgehead atoms. The maximum atomic E-state index is 11.8. The first-order valence-corrected chi connectivity index (χ1v) is 9.70. The second-order valence-electron chi connectivity index (χ2n) is 6.08. The van der Waals surface area contributed by atoms with Crippen LogP contribution in [0.2, 0.25) is 0 Å². The highest BCUT2D eigenvalue weighted by Gasteiger charge is 2.08. The third-order valence-corrected chi connectivity index (χ3v) is 4.60. The molecule has 0 atom stereocenters. The van der Waals surface area contributed by atoms with Gasteiger partial charge in [0, 0.05) is 30.8 Å². The van der Waals surface area contributed by atoms with Crippen molar-refractivity contribution in [1.82, 2.24) is 15.6 Å². The van der Waals surface area contributed by atoms with E-state index in [0.29, 0.717) is 18.1 Å². The predicted octanol–water partition coefficient (Wildman–Crippen LogP) is 2.82. The first kappa shape index (κ1) is 20.1. The van der Waals surface area contributed by atoms with E-state index in [2.05, 4.69) is 33.1 Å². The van der Waals surface area contributed by atoms with Crippen molar-refractivity contribution < 1.29 is 9.59 Å². The number of nitrogens with zero attached hydrogens (tertiary/aromatic N) is 1. The average Bonchev–Trinajstić information content (AvgIpc) is 3.08. The third-order valence-electron chi connectivity index (χ3n) is 3.85. The topological polar surface area (TPSA) is 83.1 Å². The Bertz CT molecular complexity index is 713. The van der Waals surface area contributed by atoms with Crippen molar-refractivity contribution in [2.24, 2.45) is 0 Å². The molecule has 0 fully saturated rings. The van der Waals surface area contributed by atoms with E-state index in [1.807, 2.05) is 24.6 Å². The quantitative estimate of drug-likeness (QED) is 0.559. The Labute approximate surface area is 158 Å². The molecule has 1 aromatic heterocycles. The molecule has 0 saturated heterocycles.